The predicted molar refractivity (Wildman–Crippen MR) is 193 cm³/mol. The summed E-state index contributed by atoms with van der Waals surface area (Å²) in [6.07, 6.45) is 1.15. The van der Waals surface area contributed by atoms with Gasteiger partial charge in [0.2, 0.25) is 0 Å². The maximum absolute atomic E-state index is 12.1. The normalized spacial score (nSPS) is 13.0. The Morgan fingerprint density at radius 2 is 1.06 bits per heavy atom. The summed E-state index contributed by atoms with van der Waals surface area (Å²) in [4.78, 5) is 17.6. The van der Waals surface area contributed by atoms with E-state index in [1.54, 1.807) is 43.8 Å². The molecule has 0 unspecified atom stereocenters. The van der Waals surface area contributed by atoms with E-state index in [0.29, 0.717) is 44.7 Å². The van der Waals surface area contributed by atoms with E-state index in [0.717, 1.165) is 17.0 Å². The van der Waals surface area contributed by atoms with E-state index in [4.69, 9.17) is 11.5 Å². The maximum atomic E-state index is 12.1. The van der Waals surface area contributed by atoms with Gasteiger partial charge in [0.25, 0.3) is 0 Å². The van der Waals surface area contributed by atoms with Gasteiger partial charge in [-0.2, -0.15) is 0 Å². The van der Waals surface area contributed by atoms with Gasteiger partial charge < -0.3 is 30.8 Å². The van der Waals surface area contributed by atoms with E-state index >= 15 is 0 Å². The molecule has 16 heteroatoms. The highest BCUT2D eigenvalue weighted by atomic mass is 32.2. The van der Waals surface area contributed by atoms with Gasteiger partial charge in [-0.05, 0) is 39.8 Å². The number of rotatable bonds is 9. The number of nitrogens with zero attached hydrogens (tertiary/aromatic N) is 6. The third-order valence-corrected chi connectivity index (χ3v) is 10.0. The highest BCUT2D eigenvalue weighted by Gasteiger charge is 2.26. The molecule has 4 aromatic heterocycles. The SMILES string of the molecule is CC(C)(O)Cn1c(CS(C)(=O)=O)nc2c(N)nc3ccccc3c21.CCS(=O)(=O)Cc1nc2c(N)nc3ccccc3c2n1CC(C)(C)O. The summed E-state index contributed by atoms with van der Waals surface area (Å²) in [5, 5.41) is 22.2. The summed E-state index contributed by atoms with van der Waals surface area (Å²) >= 11 is 0. The van der Waals surface area contributed by atoms with Crippen molar-refractivity contribution in [2.45, 2.75) is 70.4 Å². The van der Waals surface area contributed by atoms with Crippen LogP contribution < -0.4 is 11.5 Å². The van der Waals surface area contributed by atoms with Crippen LogP contribution >= 0.6 is 0 Å². The molecule has 0 spiro atoms. The molecule has 6 rings (SSSR count). The average Bonchev–Trinajstić information content (AvgIpc) is 3.49. The van der Waals surface area contributed by atoms with Crippen molar-refractivity contribution in [2.75, 3.05) is 23.5 Å². The number of aromatic nitrogens is 6. The molecular weight excluding hydrogens is 669 g/mol. The first-order chi connectivity index (χ1) is 22.7. The van der Waals surface area contributed by atoms with Gasteiger partial charge in [-0.3, -0.25) is 0 Å². The smallest absolute Gasteiger partial charge is 0.157 e. The molecule has 0 fully saturated rings. The van der Waals surface area contributed by atoms with Crippen molar-refractivity contribution in [2.24, 2.45) is 0 Å². The second kappa shape index (κ2) is 12.8. The van der Waals surface area contributed by atoms with Crippen molar-refractivity contribution < 1.29 is 27.0 Å². The van der Waals surface area contributed by atoms with Crippen molar-refractivity contribution in [3.8, 4) is 0 Å². The number of hydrogen-bond donors (Lipinski definition) is 4. The lowest BCUT2D eigenvalue weighted by Gasteiger charge is -2.20. The monoisotopic (exact) mass is 710 g/mol. The number of aliphatic hydroxyl groups is 2. The zero-order chi connectivity index (χ0) is 36.1. The lowest BCUT2D eigenvalue weighted by molar-refractivity contribution is 0.0614. The van der Waals surface area contributed by atoms with Crippen LogP contribution in [0.15, 0.2) is 48.5 Å². The van der Waals surface area contributed by atoms with Gasteiger partial charge in [0.05, 0.1) is 46.4 Å². The van der Waals surface area contributed by atoms with E-state index in [1.165, 1.54) is 0 Å². The molecule has 0 aliphatic heterocycles. The first-order valence-electron chi connectivity index (χ1n) is 15.6. The van der Waals surface area contributed by atoms with Crippen LogP contribution in [-0.2, 0) is 44.3 Å². The maximum Gasteiger partial charge on any atom is 0.157 e. The number of nitrogen functional groups attached to an aromatic ring is 2. The van der Waals surface area contributed by atoms with E-state index in [1.807, 2.05) is 48.5 Å². The average molecular weight is 711 g/mol. The third-order valence-electron chi connectivity index (χ3n) is 7.65. The molecule has 0 amide bonds. The molecule has 6 N–H and O–H groups in total. The van der Waals surface area contributed by atoms with Crippen LogP contribution in [0.5, 0.6) is 0 Å². The Kier molecular flexibility index (Phi) is 9.40. The van der Waals surface area contributed by atoms with Gasteiger partial charge in [-0.1, -0.05) is 43.3 Å². The number of fused-ring (bicyclic) bond motifs is 6. The van der Waals surface area contributed by atoms with Crippen molar-refractivity contribution in [3.63, 3.8) is 0 Å². The van der Waals surface area contributed by atoms with Crippen LogP contribution in [0.3, 0.4) is 0 Å². The van der Waals surface area contributed by atoms with Crippen LogP contribution in [0.4, 0.5) is 11.6 Å². The highest BCUT2D eigenvalue weighted by Crippen LogP contribution is 2.32. The number of sulfone groups is 2. The summed E-state index contributed by atoms with van der Waals surface area (Å²) in [5.74, 6) is 0.787. The molecule has 0 aliphatic rings. The molecule has 0 atom stereocenters. The van der Waals surface area contributed by atoms with Crippen LogP contribution in [0, 0.1) is 0 Å². The standard InChI is InChI=1S/C17H22N4O3S.C16H20N4O3S/c1-4-25(23,24)9-13-20-14-15(21(13)10-17(2,3)22)11-7-5-6-8-12(11)19-16(14)18;1-16(2,21)9-20-12(8-24(3,22)23)19-13-14(20)10-6-4-5-7-11(10)18-15(13)17/h5-8,22H,4,9-10H2,1-3H3,(H2,18,19);4-7,21H,8-9H2,1-3H3,(H2,17,18). The van der Waals surface area contributed by atoms with Crippen LogP contribution in [0.25, 0.3) is 43.9 Å². The Morgan fingerprint density at radius 3 is 1.43 bits per heavy atom. The van der Waals surface area contributed by atoms with Crippen LogP contribution in [0.2, 0.25) is 0 Å². The number of nitrogens with two attached hydrogens (primary N) is 2. The number of pyridine rings is 2. The molecule has 2 aromatic carbocycles. The minimum Gasteiger partial charge on any atom is -0.389 e. The van der Waals surface area contributed by atoms with Crippen molar-refractivity contribution in [1.29, 1.82) is 0 Å². The summed E-state index contributed by atoms with van der Waals surface area (Å²) in [5.41, 5.74) is 13.7. The van der Waals surface area contributed by atoms with E-state index in [2.05, 4.69) is 19.9 Å². The second-order valence-corrected chi connectivity index (χ2v) is 18.0. The molecule has 4 heterocycles. The van der Waals surface area contributed by atoms with E-state index < -0.39 is 30.9 Å². The lowest BCUT2D eigenvalue weighted by Crippen LogP contribution is -2.27. The van der Waals surface area contributed by atoms with Crippen molar-refractivity contribution >= 4 is 75.2 Å². The fourth-order valence-electron chi connectivity index (χ4n) is 5.68. The van der Waals surface area contributed by atoms with Crippen molar-refractivity contribution in [3.05, 3.63) is 60.2 Å². The molecule has 0 saturated carbocycles. The first kappa shape index (κ1) is 35.9. The third kappa shape index (κ3) is 8.09. The minimum absolute atomic E-state index is 0.0210. The molecule has 0 saturated heterocycles. The molecule has 0 aliphatic carbocycles. The fraction of sp³-hybridized carbons (Fsp3) is 0.394. The zero-order valence-corrected chi connectivity index (χ0v) is 30.0. The quantitative estimate of drug-likeness (QED) is 0.170. The zero-order valence-electron chi connectivity index (χ0n) is 28.3. The molecule has 262 valence electrons. The molecule has 0 bridgehead atoms. The molecular formula is C33H42N8O6S2. The van der Waals surface area contributed by atoms with Crippen molar-refractivity contribution in [1.82, 2.24) is 29.1 Å². The van der Waals surface area contributed by atoms with Gasteiger partial charge in [-0.15, -0.1) is 0 Å². The predicted octanol–water partition coefficient (Wildman–Crippen LogP) is 3.35. The first-order valence-corrected chi connectivity index (χ1v) is 19.4. The summed E-state index contributed by atoms with van der Waals surface area (Å²) in [7, 11) is -6.59. The summed E-state index contributed by atoms with van der Waals surface area (Å²) in [6, 6.07) is 14.9. The number of anilines is 2. The number of benzene rings is 2. The number of hydrogen-bond acceptors (Lipinski definition) is 12. The molecule has 14 nitrogen and oxygen atoms in total. The van der Waals surface area contributed by atoms with Gasteiger partial charge in [0.15, 0.2) is 31.3 Å². The van der Waals surface area contributed by atoms with Crippen LogP contribution in [0.1, 0.15) is 46.3 Å². The Balaban J connectivity index is 0.000000191. The molecule has 6 aromatic rings. The second-order valence-electron chi connectivity index (χ2n) is 13.5. The summed E-state index contributed by atoms with van der Waals surface area (Å²) in [6.45, 7) is 8.66. The van der Waals surface area contributed by atoms with Gasteiger partial charge in [0, 0.05) is 22.8 Å². The van der Waals surface area contributed by atoms with Crippen LogP contribution in [-0.4, -0.2) is 79.3 Å². The Hall–Kier alpha value is -4.38. The number of imidazole rings is 2. The summed E-state index contributed by atoms with van der Waals surface area (Å²) < 4.78 is 51.3. The highest BCUT2D eigenvalue weighted by molar-refractivity contribution is 7.90. The largest absolute Gasteiger partial charge is 0.389 e. The minimum atomic E-state index is -3.30. The van der Waals surface area contributed by atoms with Gasteiger partial charge in [0.1, 0.15) is 34.2 Å². The van der Waals surface area contributed by atoms with Gasteiger partial charge >= 0.3 is 0 Å². The lowest BCUT2D eigenvalue weighted by atomic mass is 10.1. The number of para-hydroxylation sites is 2. The fourth-order valence-corrected chi connectivity index (χ4v) is 7.19. The van der Waals surface area contributed by atoms with Gasteiger partial charge in [-0.25, -0.2) is 36.8 Å². The topological polar surface area (TPSA) is 222 Å². The Morgan fingerprint density at radius 1 is 0.673 bits per heavy atom. The Labute approximate surface area is 284 Å². The van der Waals surface area contributed by atoms with E-state index in [-0.39, 0.29) is 42.0 Å². The molecule has 0 radical (unpaired) electrons. The molecule has 49 heavy (non-hydrogen) atoms. The Bertz CT molecular complexity index is 2420. The van der Waals surface area contributed by atoms with E-state index in [9.17, 15) is 27.0 Å².